The van der Waals surface area contributed by atoms with Crippen LogP contribution in [-0.4, -0.2) is 146 Å². The fourth-order valence-corrected chi connectivity index (χ4v) is 12.0. The Kier molecular flexibility index (Phi) is 16.4. The van der Waals surface area contributed by atoms with E-state index in [1.54, 1.807) is 105 Å². The van der Waals surface area contributed by atoms with E-state index in [4.69, 9.17) is 5.73 Å². The summed E-state index contributed by atoms with van der Waals surface area (Å²) in [6.07, 6.45) is 35.4. The van der Waals surface area contributed by atoms with Crippen molar-refractivity contribution >= 4 is 106 Å². The molecule has 0 unspecified atom stereocenters. The van der Waals surface area contributed by atoms with Gasteiger partial charge in [0.2, 0.25) is 5.91 Å². The first-order valence-electron chi connectivity index (χ1n) is 32.9. The lowest BCUT2D eigenvalue weighted by Crippen LogP contribution is -2.13. The topological polar surface area (TPSA) is 439 Å². The van der Waals surface area contributed by atoms with Crippen molar-refractivity contribution in [2.45, 2.75) is 27.2 Å². The zero-order chi connectivity index (χ0) is 70.9. The van der Waals surface area contributed by atoms with E-state index in [1.165, 1.54) is 0 Å². The number of nitrogen functional groups attached to an aromatic ring is 1. The van der Waals surface area contributed by atoms with Gasteiger partial charge >= 0.3 is 0 Å². The van der Waals surface area contributed by atoms with E-state index in [9.17, 15) is 4.79 Å². The number of carbonyl (C=O) groups excluding carboxylic acids is 1. The average molecular weight is 1380 g/mol. The third-order valence-electron chi connectivity index (χ3n) is 17.1. The summed E-state index contributed by atoms with van der Waals surface area (Å²) in [4.78, 5) is 94.7. The largest absolute Gasteiger partial charge is 0.397 e. The Morgan fingerprint density at radius 3 is 1.17 bits per heavy atom. The molecule has 0 radical (unpaired) electrons. The van der Waals surface area contributed by atoms with Gasteiger partial charge in [0.1, 0.15) is 22.8 Å². The van der Waals surface area contributed by atoms with Crippen molar-refractivity contribution in [3.63, 3.8) is 0 Å². The predicted molar refractivity (Wildman–Crippen MR) is 397 cm³/mol. The highest BCUT2D eigenvalue weighted by Gasteiger charge is 2.20. The number of imidazole rings is 4. The number of fused-ring (bicyclic) bond motifs is 8. The maximum Gasteiger partial charge on any atom is 0.224 e. The predicted octanol–water partition coefficient (Wildman–Crippen LogP) is 12.7. The molecule has 0 bridgehead atoms. The molecule has 31 nitrogen and oxygen atoms in total. The zero-order valence-corrected chi connectivity index (χ0v) is 55.8. The summed E-state index contributed by atoms with van der Waals surface area (Å²) in [6, 6.07) is 25.2. The van der Waals surface area contributed by atoms with Gasteiger partial charge in [-0.3, -0.25) is 65.1 Å². The summed E-state index contributed by atoms with van der Waals surface area (Å²) in [6.45, 7) is 6.08. The minimum Gasteiger partial charge on any atom is -0.397 e. The van der Waals surface area contributed by atoms with Crippen molar-refractivity contribution in [3.05, 3.63) is 208 Å². The molecule has 508 valence electrons. The van der Waals surface area contributed by atoms with Crippen LogP contribution >= 0.6 is 0 Å². The highest BCUT2D eigenvalue weighted by Crippen LogP contribution is 2.35. The third kappa shape index (κ3) is 12.9. The molecule has 0 saturated carbocycles. The molecule has 0 spiro atoms. The standard InChI is InChI=1S/C22H20N8O.C18H13N7.C17H12N8.C17H11N7/c1-12(2)5-19(31)26-15-6-13(8-24-10-15)14-7-16-20(29-30-21(16)25-9-14)22-27-17-3-4-23-11-18(17)28-22;1-10-2-4-19-8-13(10)11-6-12-16(24-25-17(12)21-7-11)18-22-14-3-5-20-9-15(14)23-18;18-11-3-9(5-20-7-11)10-4-12-15(24-25-16(12)21-6-10)17-22-13-1-2-19-8-14(13)23-17;1-2-10(7-18-4-1)11-6-12-15(23-24-16(12)20-8-11)17-21-13-3-5-19-9-14(13)22-17/h3-4,6-12H,5H2,1-2H3,(H,26,31)(H,27,28)(H,25,29,30);2-9H,1H3,(H,22,23)(H,21,24,25);1-8H,18H2,(H,22,23)(H,21,24,25);1-9H,(H,21,22)(H,20,23,24). The van der Waals surface area contributed by atoms with Crippen LogP contribution in [0.4, 0.5) is 11.4 Å². The lowest BCUT2D eigenvalue weighted by molar-refractivity contribution is -0.116. The lowest BCUT2D eigenvalue weighted by atomic mass is 10.0. The zero-order valence-electron chi connectivity index (χ0n) is 55.8. The number of pyridine rings is 12. The molecule has 105 heavy (non-hydrogen) atoms. The minimum absolute atomic E-state index is 0.0287. The van der Waals surface area contributed by atoms with Gasteiger partial charge in [-0.15, -0.1) is 0 Å². The van der Waals surface area contributed by atoms with E-state index in [-0.39, 0.29) is 11.8 Å². The molecule has 0 aliphatic rings. The average Bonchev–Trinajstić information content (AvgIpc) is 1.65. The molecule has 0 atom stereocenters. The lowest BCUT2D eigenvalue weighted by Gasteiger charge is -2.08. The van der Waals surface area contributed by atoms with Crippen LogP contribution in [0.2, 0.25) is 0 Å². The fraction of sp³-hybridized carbons (Fsp3) is 0.0676. The van der Waals surface area contributed by atoms with Gasteiger partial charge in [-0.05, 0) is 91.2 Å². The van der Waals surface area contributed by atoms with Crippen LogP contribution in [-0.2, 0) is 4.79 Å². The first-order valence-corrected chi connectivity index (χ1v) is 32.9. The van der Waals surface area contributed by atoms with Gasteiger partial charge in [0, 0.05) is 144 Å². The summed E-state index contributed by atoms with van der Waals surface area (Å²) in [5.74, 6) is 3.04. The van der Waals surface area contributed by atoms with Gasteiger partial charge in [0.25, 0.3) is 0 Å². The Morgan fingerprint density at radius 1 is 0.390 bits per heavy atom. The quantitative estimate of drug-likeness (QED) is 0.0575. The number of nitrogens with two attached hydrogens (primary N) is 1. The molecule has 20 aromatic heterocycles. The van der Waals surface area contributed by atoms with Crippen LogP contribution in [0, 0.1) is 12.8 Å². The molecule has 0 saturated heterocycles. The Bertz CT molecular complexity index is 6450. The highest BCUT2D eigenvalue weighted by molar-refractivity contribution is 5.98. The van der Waals surface area contributed by atoms with Crippen molar-refractivity contribution in [1.82, 2.24) is 140 Å². The van der Waals surface area contributed by atoms with Crippen molar-refractivity contribution in [3.8, 4) is 90.6 Å². The van der Waals surface area contributed by atoms with Gasteiger partial charge in [-0.25, -0.2) is 39.9 Å². The number of carbonyl (C=O) groups is 1. The molecular formula is C74H56N30O. The van der Waals surface area contributed by atoms with Crippen LogP contribution in [0.1, 0.15) is 25.8 Å². The van der Waals surface area contributed by atoms with E-state index in [1.807, 2.05) is 105 Å². The summed E-state index contributed by atoms with van der Waals surface area (Å²) >= 11 is 0. The van der Waals surface area contributed by atoms with E-state index in [0.717, 1.165) is 139 Å². The molecule has 11 N–H and O–H groups in total. The Morgan fingerprint density at radius 2 is 0.762 bits per heavy atom. The number of aromatic nitrogens is 28. The number of nitrogens with one attached hydrogen (secondary N) is 9. The number of aromatic amines is 8. The van der Waals surface area contributed by atoms with Gasteiger partial charge < -0.3 is 31.0 Å². The van der Waals surface area contributed by atoms with E-state index in [2.05, 4.69) is 159 Å². The first kappa shape index (κ1) is 63.3. The SMILES string of the molecule is CC(C)CC(=O)Nc1cncc(-c2cnc3n[nH]c(-c4nc5ccncc5[nH]4)c3c2)c1.Cc1ccncc1-c1cnc2n[nH]c(-c3nc4ccncc4[nH]3)c2c1.Nc1cncc(-c2cnc3n[nH]c(-c4nc5ccncc5[nH]4)c3c2)c1.c1cncc(-c2cnc3n[nH]c(-c4nc5ccncc5[nH]4)c3c2)c1. The number of aryl methyl sites for hydroxylation is 1. The first-order chi connectivity index (χ1) is 51.5. The van der Waals surface area contributed by atoms with Crippen molar-refractivity contribution in [2.75, 3.05) is 11.1 Å². The van der Waals surface area contributed by atoms with E-state index < -0.39 is 0 Å². The van der Waals surface area contributed by atoms with Gasteiger partial charge in [0.15, 0.2) is 45.9 Å². The number of H-pyrrole nitrogens is 8. The number of nitrogens with zero attached hydrogens (tertiary/aromatic N) is 20. The number of hydrogen-bond donors (Lipinski definition) is 10. The van der Waals surface area contributed by atoms with Crippen molar-refractivity contribution in [1.29, 1.82) is 0 Å². The smallest absolute Gasteiger partial charge is 0.224 e. The van der Waals surface area contributed by atoms with Crippen molar-refractivity contribution in [2.24, 2.45) is 5.92 Å². The second-order valence-electron chi connectivity index (χ2n) is 24.7. The third-order valence-corrected chi connectivity index (χ3v) is 17.1. The van der Waals surface area contributed by atoms with Crippen LogP contribution in [0.15, 0.2) is 203 Å². The Hall–Kier alpha value is -15.2. The van der Waals surface area contributed by atoms with Crippen LogP contribution < -0.4 is 11.1 Å². The van der Waals surface area contributed by atoms with Crippen molar-refractivity contribution < 1.29 is 4.79 Å². The minimum atomic E-state index is -0.0287. The maximum absolute atomic E-state index is 12.1. The molecule has 0 fully saturated rings. The molecule has 0 aliphatic carbocycles. The van der Waals surface area contributed by atoms with Gasteiger partial charge in [-0.2, -0.15) is 20.4 Å². The number of amides is 1. The van der Waals surface area contributed by atoms with Crippen LogP contribution in [0.3, 0.4) is 0 Å². The van der Waals surface area contributed by atoms with E-state index in [0.29, 0.717) is 63.7 Å². The molecule has 1 amide bonds. The Labute approximate surface area is 591 Å². The normalized spacial score (nSPS) is 11.4. The summed E-state index contributed by atoms with van der Waals surface area (Å²) in [7, 11) is 0. The van der Waals surface area contributed by atoms with E-state index >= 15 is 0 Å². The monoisotopic (exact) mass is 1380 g/mol. The molecule has 0 aliphatic heterocycles. The highest BCUT2D eigenvalue weighted by atomic mass is 16.1. The van der Waals surface area contributed by atoms with Gasteiger partial charge in [0.05, 0.1) is 108 Å². The molecule has 20 aromatic rings. The van der Waals surface area contributed by atoms with Crippen LogP contribution in [0.25, 0.3) is 179 Å². The Balaban J connectivity index is 0.000000104. The number of anilines is 2. The molecule has 31 heteroatoms. The summed E-state index contributed by atoms with van der Waals surface area (Å²) in [5, 5.41) is 35.7. The second-order valence-corrected chi connectivity index (χ2v) is 24.7. The summed E-state index contributed by atoms with van der Waals surface area (Å²) in [5.41, 5.74) is 28.3. The fourth-order valence-electron chi connectivity index (χ4n) is 12.0. The number of hydrogen-bond acceptors (Lipinski definition) is 22. The molecule has 20 rings (SSSR count). The second kappa shape index (κ2) is 27.2. The molecular weight excluding hydrogens is 1330 g/mol. The molecule has 20 heterocycles. The summed E-state index contributed by atoms with van der Waals surface area (Å²) < 4.78 is 0. The number of rotatable bonds is 11. The van der Waals surface area contributed by atoms with Gasteiger partial charge in [-0.1, -0.05) is 19.9 Å². The maximum atomic E-state index is 12.1. The molecule has 0 aromatic carbocycles. The van der Waals surface area contributed by atoms with Crippen LogP contribution in [0.5, 0.6) is 0 Å².